The van der Waals surface area contributed by atoms with Gasteiger partial charge in [-0.1, -0.05) is 29.8 Å². The topological polar surface area (TPSA) is 41.6 Å². The Labute approximate surface area is 93.2 Å². The summed E-state index contributed by atoms with van der Waals surface area (Å²) in [4.78, 5) is 4.35. The highest BCUT2D eigenvalue weighted by Crippen LogP contribution is 2.24. The molecule has 3 rings (SSSR count). The Morgan fingerprint density at radius 2 is 1.88 bits per heavy atom. The first kappa shape index (κ1) is 9.09. The van der Waals surface area contributed by atoms with Crippen molar-refractivity contribution in [2.75, 3.05) is 0 Å². The van der Waals surface area contributed by atoms with E-state index in [0.717, 1.165) is 22.3 Å². The maximum Gasteiger partial charge on any atom is 0.118 e. The van der Waals surface area contributed by atoms with Crippen LogP contribution in [0, 0.1) is 6.92 Å². The smallest absolute Gasteiger partial charge is 0.118 e. The van der Waals surface area contributed by atoms with Gasteiger partial charge in [-0.05, 0) is 19.1 Å². The number of rotatable bonds is 1. The number of hydrogen-bond donors (Lipinski definition) is 1. The van der Waals surface area contributed by atoms with E-state index in [0.29, 0.717) is 0 Å². The van der Waals surface area contributed by atoms with E-state index in [9.17, 15) is 0 Å². The van der Waals surface area contributed by atoms with E-state index in [1.54, 1.807) is 6.20 Å². The number of aromatic amines is 1. The molecule has 1 aromatic carbocycles. The van der Waals surface area contributed by atoms with Crippen LogP contribution in [0.25, 0.3) is 22.3 Å². The molecule has 0 spiro atoms. The number of benzene rings is 1. The number of nitrogens with zero attached hydrogens (tertiary/aromatic N) is 2. The van der Waals surface area contributed by atoms with Crippen molar-refractivity contribution in [2.45, 2.75) is 6.92 Å². The summed E-state index contributed by atoms with van der Waals surface area (Å²) in [7, 11) is 0. The second-order valence-electron chi connectivity index (χ2n) is 3.84. The van der Waals surface area contributed by atoms with Crippen molar-refractivity contribution in [3.63, 3.8) is 0 Å². The van der Waals surface area contributed by atoms with E-state index in [-0.39, 0.29) is 0 Å². The molecular weight excluding hydrogens is 198 g/mol. The third kappa shape index (κ3) is 1.37. The zero-order chi connectivity index (χ0) is 11.0. The van der Waals surface area contributed by atoms with Crippen molar-refractivity contribution in [1.82, 2.24) is 15.2 Å². The highest BCUT2D eigenvalue weighted by molar-refractivity contribution is 5.89. The van der Waals surface area contributed by atoms with Gasteiger partial charge in [0.1, 0.15) is 11.2 Å². The molecule has 2 heterocycles. The van der Waals surface area contributed by atoms with Crippen LogP contribution in [0.4, 0.5) is 0 Å². The molecule has 0 unspecified atom stereocenters. The van der Waals surface area contributed by atoms with Gasteiger partial charge in [0.05, 0.1) is 5.52 Å². The fourth-order valence-electron chi connectivity index (χ4n) is 1.77. The molecule has 0 amide bonds. The van der Waals surface area contributed by atoms with Crippen LogP contribution < -0.4 is 0 Å². The summed E-state index contributed by atoms with van der Waals surface area (Å²) in [5.41, 5.74) is 5.15. The van der Waals surface area contributed by atoms with Crippen LogP contribution in [0.5, 0.6) is 0 Å². The molecule has 2 aromatic heterocycles. The van der Waals surface area contributed by atoms with Crippen molar-refractivity contribution < 1.29 is 0 Å². The van der Waals surface area contributed by atoms with Crippen LogP contribution in [0.15, 0.2) is 42.6 Å². The SMILES string of the molecule is Cc1ccc(-c2n[nH]c3cccnc23)cc1. The third-order valence-electron chi connectivity index (χ3n) is 2.65. The minimum Gasteiger partial charge on any atom is -0.276 e. The van der Waals surface area contributed by atoms with Crippen LogP contribution in [-0.4, -0.2) is 15.2 Å². The Hall–Kier alpha value is -2.16. The van der Waals surface area contributed by atoms with Crippen molar-refractivity contribution in [2.24, 2.45) is 0 Å². The van der Waals surface area contributed by atoms with Gasteiger partial charge in [0, 0.05) is 11.8 Å². The van der Waals surface area contributed by atoms with Gasteiger partial charge in [-0.15, -0.1) is 0 Å². The molecule has 0 saturated heterocycles. The van der Waals surface area contributed by atoms with Crippen LogP contribution in [0.1, 0.15) is 5.56 Å². The Morgan fingerprint density at radius 3 is 2.69 bits per heavy atom. The zero-order valence-corrected chi connectivity index (χ0v) is 8.94. The first-order valence-electron chi connectivity index (χ1n) is 5.21. The van der Waals surface area contributed by atoms with E-state index >= 15 is 0 Å². The lowest BCUT2D eigenvalue weighted by atomic mass is 10.1. The summed E-state index contributed by atoms with van der Waals surface area (Å²) < 4.78 is 0. The van der Waals surface area contributed by atoms with E-state index < -0.39 is 0 Å². The fraction of sp³-hybridized carbons (Fsp3) is 0.0769. The molecule has 3 heteroatoms. The maximum absolute atomic E-state index is 4.35. The first-order chi connectivity index (χ1) is 7.84. The molecule has 0 atom stereocenters. The quantitative estimate of drug-likeness (QED) is 0.669. The van der Waals surface area contributed by atoms with Gasteiger partial charge in [-0.3, -0.25) is 10.1 Å². The van der Waals surface area contributed by atoms with Crippen LogP contribution in [0.3, 0.4) is 0 Å². The number of H-pyrrole nitrogens is 1. The molecular formula is C13H11N3. The summed E-state index contributed by atoms with van der Waals surface area (Å²) in [5, 5.41) is 7.30. The highest BCUT2D eigenvalue weighted by atomic mass is 15.1. The Kier molecular flexibility index (Phi) is 1.96. The van der Waals surface area contributed by atoms with Crippen LogP contribution >= 0.6 is 0 Å². The summed E-state index contributed by atoms with van der Waals surface area (Å²) in [6.07, 6.45) is 1.79. The van der Waals surface area contributed by atoms with Crippen LogP contribution in [-0.2, 0) is 0 Å². The molecule has 0 saturated carbocycles. The van der Waals surface area contributed by atoms with Gasteiger partial charge in [-0.25, -0.2) is 0 Å². The molecule has 0 aliphatic rings. The summed E-state index contributed by atoms with van der Waals surface area (Å²) in [5.74, 6) is 0. The molecule has 3 aromatic rings. The zero-order valence-electron chi connectivity index (χ0n) is 8.94. The highest BCUT2D eigenvalue weighted by Gasteiger charge is 2.07. The average Bonchev–Trinajstić information content (AvgIpc) is 2.74. The van der Waals surface area contributed by atoms with E-state index in [4.69, 9.17) is 0 Å². The monoisotopic (exact) mass is 209 g/mol. The minimum atomic E-state index is 0.913. The Balaban J connectivity index is 2.22. The summed E-state index contributed by atoms with van der Waals surface area (Å²) in [6, 6.07) is 12.2. The number of aryl methyl sites for hydroxylation is 1. The molecule has 0 aliphatic carbocycles. The predicted octanol–water partition coefficient (Wildman–Crippen LogP) is 2.93. The van der Waals surface area contributed by atoms with Crippen molar-refractivity contribution in [3.8, 4) is 11.3 Å². The molecule has 0 radical (unpaired) electrons. The van der Waals surface area contributed by atoms with Gasteiger partial charge in [0.25, 0.3) is 0 Å². The van der Waals surface area contributed by atoms with Crippen molar-refractivity contribution in [1.29, 1.82) is 0 Å². The van der Waals surface area contributed by atoms with E-state index in [1.807, 2.05) is 12.1 Å². The number of fused-ring (bicyclic) bond motifs is 1. The Bertz CT molecular complexity index is 623. The minimum absolute atomic E-state index is 0.913. The molecule has 0 fully saturated rings. The van der Waals surface area contributed by atoms with Gasteiger partial charge in [0.15, 0.2) is 0 Å². The first-order valence-corrected chi connectivity index (χ1v) is 5.21. The lowest BCUT2D eigenvalue weighted by molar-refractivity contribution is 1.12. The number of hydrogen-bond acceptors (Lipinski definition) is 2. The van der Waals surface area contributed by atoms with E-state index in [2.05, 4.69) is 46.4 Å². The second-order valence-corrected chi connectivity index (χ2v) is 3.84. The molecule has 0 aliphatic heterocycles. The fourth-order valence-corrected chi connectivity index (χ4v) is 1.77. The number of pyridine rings is 1. The lowest BCUT2D eigenvalue weighted by Gasteiger charge is -1.97. The van der Waals surface area contributed by atoms with E-state index in [1.165, 1.54) is 5.56 Å². The third-order valence-corrected chi connectivity index (χ3v) is 2.65. The van der Waals surface area contributed by atoms with Gasteiger partial charge >= 0.3 is 0 Å². The molecule has 0 bridgehead atoms. The van der Waals surface area contributed by atoms with Crippen molar-refractivity contribution >= 4 is 11.0 Å². The maximum atomic E-state index is 4.35. The van der Waals surface area contributed by atoms with Gasteiger partial charge in [-0.2, -0.15) is 5.10 Å². The summed E-state index contributed by atoms with van der Waals surface area (Å²) >= 11 is 0. The molecule has 1 N–H and O–H groups in total. The summed E-state index contributed by atoms with van der Waals surface area (Å²) in [6.45, 7) is 2.07. The van der Waals surface area contributed by atoms with Crippen molar-refractivity contribution in [3.05, 3.63) is 48.2 Å². The second kappa shape index (κ2) is 3.45. The predicted molar refractivity (Wildman–Crippen MR) is 64.1 cm³/mol. The number of aromatic nitrogens is 3. The molecule has 16 heavy (non-hydrogen) atoms. The van der Waals surface area contributed by atoms with Gasteiger partial charge in [0.2, 0.25) is 0 Å². The largest absolute Gasteiger partial charge is 0.276 e. The normalized spacial score (nSPS) is 10.8. The van der Waals surface area contributed by atoms with Crippen LogP contribution in [0.2, 0.25) is 0 Å². The standard InChI is InChI=1S/C13H11N3/c1-9-4-6-10(7-5-9)12-13-11(15-16-12)3-2-8-14-13/h2-8H,1H3,(H,15,16). The average molecular weight is 209 g/mol. The number of nitrogens with one attached hydrogen (secondary N) is 1. The molecule has 3 nitrogen and oxygen atoms in total. The lowest BCUT2D eigenvalue weighted by Crippen LogP contribution is -1.81. The molecule has 78 valence electrons. The van der Waals surface area contributed by atoms with Gasteiger partial charge < -0.3 is 0 Å². The Morgan fingerprint density at radius 1 is 1.06 bits per heavy atom.